The van der Waals surface area contributed by atoms with E-state index in [0.717, 1.165) is 12.0 Å². The highest BCUT2D eigenvalue weighted by Crippen LogP contribution is 2.36. The zero-order valence-corrected chi connectivity index (χ0v) is 15.2. The van der Waals surface area contributed by atoms with Crippen molar-refractivity contribution in [1.29, 1.82) is 0 Å². The molecule has 2 aromatic rings. The summed E-state index contributed by atoms with van der Waals surface area (Å²) in [5.41, 5.74) is 1.71. The van der Waals surface area contributed by atoms with Crippen molar-refractivity contribution in [2.24, 2.45) is 0 Å². The van der Waals surface area contributed by atoms with Gasteiger partial charge in [0.05, 0.1) is 18.7 Å². The largest absolute Gasteiger partial charge is 0.493 e. The van der Waals surface area contributed by atoms with Crippen molar-refractivity contribution in [1.82, 2.24) is 5.32 Å². The van der Waals surface area contributed by atoms with Crippen molar-refractivity contribution in [2.75, 3.05) is 13.7 Å². The molecule has 1 N–H and O–H groups in total. The van der Waals surface area contributed by atoms with Gasteiger partial charge in [-0.3, -0.25) is 4.79 Å². The van der Waals surface area contributed by atoms with E-state index in [1.54, 1.807) is 31.2 Å². The monoisotopic (exact) mass is 365 g/mol. The molecule has 0 radical (unpaired) electrons. The third-order valence-corrected chi connectivity index (χ3v) is 3.90. The number of aryl methyl sites for hydroxylation is 1. The van der Waals surface area contributed by atoms with E-state index in [1.807, 2.05) is 6.92 Å². The molecule has 0 aromatic heterocycles. The first kappa shape index (κ1) is 19.1. The number of carbonyl (C=O) groups is 1. The molecule has 0 bridgehead atoms. The fourth-order valence-corrected chi connectivity index (χ4v) is 2.56. The van der Waals surface area contributed by atoms with Gasteiger partial charge >= 0.3 is 0 Å². The number of carbonyl (C=O) groups excluding carboxylic acids is 1. The topological polar surface area (TPSA) is 47.6 Å². The molecule has 4 nitrogen and oxygen atoms in total. The van der Waals surface area contributed by atoms with Gasteiger partial charge in [-0.25, -0.2) is 4.39 Å². The molecule has 0 saturated heterocycles. The van der Waals surface area contributed by atoms with E-state index in [4.69, 9.17) is 21.1 Å². The van der Waals surface area contributed by atoms with Gasteiger partial charge in [0.25, 0.3) is 5.91 Å². The minimum atomic E-state index is -0.302. The first-order valence-electron chi connectivity index (χ1n) is 7.99. The van der Waals surface area contributed by atoms with E-state index in [9.17, 15) is 9.18 Å². The van der Waals surface area contributed by atoms with Gasteiger partial charge in [0.1, 0.15) is 5.82 Å². The van der Waals surface area contributed by atoms with Gasteiger partial charge in [0, 0.05) is 12.1 Å². The van der Waals surface area contributed by atoms with Gasteiger partial charge in [0.15, 0.2) is 11.5 Å². The molecule has 0 aliphatic carbocycles. The molecule has 2 rings (SSSR count). The standard InChI is InChI=1S/C19H21ClFNO3/c1-4-7-25-18-15(20)9-14(10-17(18)24-3)19(23)22-11-13-5-6-16(21)12(2)8-13/h5-6,8-10H,4,7,11H2,1-3H3,(H,22,23). The summed E-state index contributed by atoms with van der Waals surface area (Å²) in [4.78, 5) is 12.4. The van der Waals surface area contributed by atoms with Crippen molar-refractivity contribution in [3.8, 4) is 11.5 Å². The maximum atomic E-state index is 13.3. The van der Waals surface area contributed by atoms with Crippen LogP contribution in [-0.2, 0) is 6.54 Å². The molecule has 0 saturated carbocycles. The number of rotatable bonds is 7. The van der Waals surface area contributed by atoms with Crippen LogP contribution in [0.2, 0.25) is 5.02 Å². The predicted octanol–water partition coefficient (Wildman–Crippen LogP) is 4.51. The van der Waals surface area contributed by atoms with E-state index in [2.05, 4.69) is 5.32 Å². The lowest BCUT2D eigenvalue weighted by atomic mass is 10.1. The average molecular weight is 366 g/mol. The average Bonchev–Trinajstić information content (AvgIpc) is 2.60. The van der Waals surface area contributed by atoms with Crippen LogP contribution in [0.4, 0.5) is 4.39 Å². The van der Waals surface area contributed by atoms with Crippen LogP contribution in [0.1, 0.15) is 34.8 Å². The van der Waals surface area contributed by atoms with Gasteiger partial charge in [-0.15, -0.1) is 0 Å². The van der Waals surface area contributed by atoms with Gasteiger partial charge in [-0.05, 0) is 42.7 Å². The van der Waals surface area contributed by atoms with Crippen LogP contribution < -0.4 is 14.8 Å². The number of hydrogen-bond donors (Lipinski definition) is 1. The quantitative estimate of drug-likeness (QED) is 0.785. The van der Waals surface area contributed by atoms with Crippen LogP contribution in [0.15, 0.2) is 30.3 Å². The van der Waals surface area contributed by atoms with Gasteiger partial charge in [0.2, 0.25) is 0 Å². The zero-order chi connectivity index (χ0) is 18.4. The molecule has 0 spiro atoms. The third kappa shape index (κ3) is 4.86. The SMILES string of the molecule is CCCOc1c(Cl)cc(C(=O)NCc2ccc(F)c(C)c2)cc1OC. The number of ether oxygens (including phenoxy) is 2. The van der Waals surface area contributed by atoms with E-state index >= 15 is 0 Å². The Labute approximate surface area is 151 Å². The van der Waals surface area contributed by atoms with E-state index in [-0.39, 0.29) is 18.3 Å². The van der Waals surface area contributed by atoms with Crippen molar-refractivity contribution in [3.05, 3.63) is 57.9 Å². The van der Waals surface area contributed by atoms with Gasteiger partial charge in [-0.2, -0.15) is 0 Å². The Balaban J connectivity index is 2.13. The maximum absolute atomic E-state index is 13.3. The molecule has 0 unspecified atom stereocenters. The molecule has 0 aliphatic heterocycles. The number of hydrogen-bond acceptors (Lipinski definition) is 3. The molecular formula is C19H21ClFNO3. The van der Waals surface area contributed by atoms with Crippen LogP contribution in [-0.4, -0.2) is 19.6 Å². The molecule has 25 heavy (non-hydrogen) atoms. The summed E-state index contributed by atoms with van der Waals surface area (Å²) < 4.78 is 24.1. The fraction of sp³-hybridized carbons (Fsp3) is 0.316. The summed E-state index contributed by atoms with van der Waals surface area (Å²) >= 11 is 6.22. The zero-order valence-electron chi connectivity index (χ0n) is 14.5. The summed E-state index contributed by atoms with van der Waals surface area (Å²) in [6, 6.07) is 7.85. The third-order valence-electron chi connectivity index (χ3n) is 3.62. The summed E-state index contributed by atoms with van der Waals surface area (Å²) in [6.07, 6.45) is 0.832. The predicted molar refractivity (Wildman–Crippen MR) is 96.1 cm³/mol. The Bertz CT molecular complexity index is 765. The minimum Gasteiger partial charge on any atom is -0.493 e. The van der Waals surface area contributed by atoms with E-state index in [0.29, 0.717) is 34.3 Å². The highest BCUT2D eigenvalue weighted by atomic mass is 35.5. The summed E-state index contributed by atoms with van der Waals surface area (Å²) in [5.74, 6) is 0.263. The van der Waals surface area contributed by atoms with Crippen molar-refractivity contribution in [3.63, 3.8) is 0 Å². The number of halogens is 2. The molecule has 2 aromatic carbocycles. The lowest BCUT2D eigenvalue weighted by Gasteiger charge is -2.14. The number of methoxy groups -OCH3 is 1. The Morgan fingerprint density at radius 3 is 2.68 bits per heavy atom. The molecule has 0 atom stereocenters. The smallest absolute Gasteiger partial charge is 0.251 e. The van der Waals surface area contributed by atoms with E-state index < -0.39 is 0 Å². The van der Waals surface area contributed by atoms with Gasteiger partial charge in [-0.1, -0.05) is 30.7 Å². The summed E-state index contributed by atoms with van der Waals surface area (Å²) in [6.45, 7) is 4.46. The minimum absolute atomic E-state index is 0.269. The fourth-order valence-electron chi connectivity index (χ4n) is 2.30. The Kier molecular flexibility index (Phi) is 6.65. The van der Waals surface area contributed by atoms with E-state index in [1.165, 1.54) is 13.2 Å². The number of benzene rings is 2. The number of amides is 1. The van der Waals surface area contributed by atoms with Crippen molar-refractivity contribution >= 4 is 17.5 Å². The second-order valence-corrected chi connectivity index (χ2v) is 6.01. The maximum Gasteiger partial charge on any atom is 0.251 e. The van der Waals surface area contributed by atoms with Crippen LogP contribution in [0.5, 0.6) is 11.5 Å². The lowest BCUT2D eigenvalue weighted by molar-refractivity contribution is 0.0950. The lowest BCUT2D eigenvalue weighted by Crippen LogP contribution is -2.23. The van der Waals surface area contributed by atoms with Crippen LogP contribution in [0, 0.1) is 12.7 Å². The van der Waals surface area contributed by atoms with Crippen LogP contribution in [0.3, 0.4) is 0 Å². The van der Waals surface area contributed by atoms with Crippen LogP contribution >= 0.6 is 11.6 Å². The van der Waals surface area contributed by atoms with Gasteiger partial charge < -0.3 is 14.8 Å². The molecule has 0 fully saturated rings. The Morgan fingerprint density at radius 2 is 2.04 bits per heavy atom. The Morgan fingerprint density at radius 1 is 1.28 bits per heavy atom. The second-order valence-electron chi connectivity index (χ2n) is 5.60. The first-order valence-corrected chi connectivity index (χ1v) is 8.37. The first-order chi connectivity index (χ1) is 12.0. The second kappa shape index (κ2) is 8.72. The molecule has 1 amide bonds. The highest BCUT2D eigenvalue weighted by Gasteiger charge is 2.16. The summed E-state index contributed by atoms with van der Waals surface area (Å²) in [5, 5.41) is 3.10. The number of nitrogens with one attached hydrogen (secondary N) is 1. The van der Waals surface area contributed by atoms with Crippen molar-refractivity contribution in [2.45, 2.75) is 26.8 Å². The van der Waals surface area contributed by atoms with Crippen molar-refractivity contribution < 1.29 is 18.7 Å². The summed E-state index contributed by atoms with van der Waals surface area (Å²) in [7, 11) is 1.49. The molecular weight excluding hydrogens is 345 g/mol. The molecule has 134 valence electrons. The highest BCUT2D eigenvalue weighted by molar-refractivity contribution is 6.32. The van der Waals surface area contributed by atoms with Crippen LogP contribution in [0.25, 0.3) is 0 Å². The molecule has 0 heterocycles. The molecule has 6 heteroatoms. The normalized spacial score (nSPS) is 10.4. The Hall–Kier alpha value is -2.27. The molecule has 0 aliphatic rings.